The van der Waals surface area contributed by atoms with Gasteiger partial charge in [0.15, 0.2) is 5.82 Å². The molecule has 0 aliphatic heterocycles. The van der Waals surface area contributed by atoms with E-state index in [1.807, 2.05) is 12.1 Å². The van der Waals surface area contributed by atoms with Crippen LogP contribution in [0.1, 0.15) is 17.3 Å². The summed E-state index contributed by atoms with van der Waals surface area (Å²) < 4.78 is 10.3. The van der Waals surface area contributed by atoms with Crippen LogP contribution in [0.3, 0.4) is 0 Å². The van der Waals surface area contributed by atoms with Gasteiger partial charge < -0.3 is 15.0 Å². The quantitative estimate of drug-likeness (QED) is 0.804. The van der Waals surface area contributed by atoms with Crippen molar-refractivity contribution >= 4 is 0 Å². The average molecular weight is 248 g/mol. The van der Waals surface area contributed by atoms with E-state index in [0.29, 0.717) is 31.1 Å². The predicted molar refractivity (Wildman–Crippen MR) is 64.9 cm³/mol. The number of hydrogen-bond acceptors (Lipinski definition) is 6. The molecule has 0 aromatic carbocycles. The molecule has 0 aliphatic rings. The molecule has 2 aromatic heterocycles. The minimum atomic E-state index is -0.0864. The van der Waals surface area contributed by atoms with Gasteiger partial charge in [-0.2, -0.15) is 4.98 Å². The van der Waals surface area contributed by atoms with E-state index >= 15 is 0 Å². The second-order valence-electron chi connectivity index (χ2n) is 3.94. The van der Waals surface area contributed by atoms with Crippen LogP contribution < -0.4 is 5.73 Å². The Morgan fingerprint density at radius 1 is 1.50 bits per heavy atom. The molecule has 0 radical (unpaired) electrons. The van der Waals surface area contributed by atoms with Crippen LogP contribution in [0.25, 0.3) is 0 Å². The van der Waals surface area contributed by atoms with Crippen molar-refractivity contribution in [2.24, 2.45) is 5.73 Å². The van der Waals surface area contributed by atoms with Crippen molar-refractivity contribution in [1.82, 2.24) is 15.1 Å². The summed E-state index contributed by atoms with van der Waals surface area (Å²) in [5.41, 5.74) is 6.59. The summed E-state index contributed by atoms with van der Waals surface area (Å²) in [5, 5.41) is 3.92. The van der Waals surface area contributed by atoms with Crippen LogP contribution in [0.5, 0.6) is 0 Å². The van der Waals surface area contributed by atoms with Crippen molar-refractivity contribution in [2.75, 3.05) is 13.7 Å². The predicted octanol–water partition coefficient (Wildman–Crippen LogP) is 0.572. The highest BCUT2D eigenvalue weighted by Crippen LogP contribution is 2.07. The van der Waals surface area contributed by atoms with E-state index in [4.69, 9.17) is 15.0 Å². The van der Waals surface area contributed by atoms with Gasteiger partial charge in [0.1, 0.15) is 0 Å². The lowest BCUT2D eigenvalue weighted by atomic mass is 10.2. The van der Waals surface area contributed by atoms with E-state index in [0.717, 1.165) is 5.56 Å². The van der Waals surface area contributed by atoms with Gasteiger partial charge in [0.05, 0.1) is 12.5 Å². The molecule has 1 atom stereocenters. The lowest BCUT2D eigenvalue weighted by Crippen LogP contribution is -2.24. The topological polar surface area (TPSA) is 87.1 Å². The van der Waals surface area contributed by atoms with Crippen LogP contribution in [-0.2, 0) is 17.6 Å². The molecule has 0 aliphatic carbocycles. The van der Waals surface area contributed by atoms with Crippen LogP contribution in [-0.4, -0.2) is 34.9 Å². The highest BCUT2D eigenvalue weighted by molar-refractivity contribution is 5.13. The summed E-state index contributed by atoms with van der Waals surface area (Å²) in [4.78, 5) is 8.34. The highest BCUT2D eigenvalue weighted by Gasteiger charge is 2.13. The first-order valence-electron chi connectivity index (χ1n) is 5.75. The smallest absolute Gasteiger partial charge is 0.229 e. The molecule has 6 nitrogen and oxygen atoms in total. The van der Waals surface area contributed by atoms with Crippen molar-refractivity contribution in [2.45, 2.75) is 18.9 Å². The van der Waals surface area contributed by atoms with E-state index in [1.54, 1.807) is 19.5 Å². The molecule has 0 saturated carbocycles. The molecule has 0 amide bonds. The van der Waals surface area contributed by atoms with E-state index < -0.39 is 0 Å². The van der Waals surface area contributed by atoms with Crippen LogP contribution >= 0.6 is 0 Å². The molecule has 2 heterocycles. The van der Waals surface area contributed by atoms with Crippen molar-refractivity contribution in [3.05, 3.63) is 41.8 Å². The summed E-state index contributed by atoms with van der Waals surface area (Å²) in [6.07, 6.45) is 4.57. The fourth-order valence-corrected chi connectivity index (χ4v) is 1.59. The summed E-state index contributed by atoms with van der Waals surface area (Å²) in [6.45, 7) is 0.427. The number of methoxy groups -OCH3 is 1. The Labute approximate surface area is 105 Å². The Balaban J connectivity index is 1.98. The summed E-state index contributed by atoms with van der Waals surface area (Å²) >= 11 is 0. The van der Waals surface area contributed by atoms with Gasteiger partial charge in [0, 0.05) is 32.5 Å². The van der Waals surface area contributed by atoms with Gasteiger partial charge in [0.25, 0.3) is 0 Å². The first kappa shape index (κ1) is 12.7. The third-order valence-electron chi connectivity index (χ3n) is 2.59. The van der Waals surface area contributed by atoms with Gasteiger partial charge in [0.2, 0.25) is 5.89 Å². The summed E-state index contributed by atoms with van der Waals surface area (Å²) in [5.74, 6) is 1.19. The number of ether oxygens (including phenoxy) is 1. The van der Waals surface area contributed by atoms with E-state index in [2.05, 4.69) is 15.1 Å². The van der Waals surface area contributed by atoms with Crippen LogP contribution in [0.4, 0.5) is 0 Å². The highest BCUT2D eigenvalue weighted by atomic mass is 16.5. The minimum Gasteiger partial charge on any atom is -0.380 e. The fraction of sp³-hybridized carbons (Fsp3) is 0.417. The maximum Gasteiger partial charge on any atom is 0.229 e. The van der Waals surface area contributed by atoms with Gasteiger partial charge >= 0.3 is 0 Å². The number of nitrogens with zero attached hydrogens (tertiary/aromatic N) is 3. The van der Waals surface area contributed by atoms with E-state index in [1.165, 1.54) is 0 Å². The zero-order valence-electron chi connectivity index (χ0n) is 10.2. The molecule has 96 valence electrons. The zero-order chi connectivity index (χ0) is 12.8. The molecular formula is C12H16N4O2. The molecule has 0 fully saturated rings. The standard InChI is InChI=1S/C12H16N4O2/c1-17-10(7-13)6-12-15-11(16-18-12)5-9-3-2-4-14-8-9/h2-4,8,10H,5-7,13H2,1H3. The van der Waals surface area contributed by atoms with Gasteiger partial charge in [-0.15, -0.1) is 0 Å². The van der Waals surface area contributed by atoms with Crippen molar-refractivity contribution in [3.63, 3.8) is 0 Å². The molecular weight excluding hydrogens is 232 g/mol. The zero-order valence-corrected chi connectivity index (χ0v) is 10.2. The number of rotatable bonds is 6. The molecule has 0 saturated heterocycles. The largest absolute Gasteiger partial charge is 0.380 e. The number of aromatic nitrogens is 3. The summed E-state index contributed by atoms with van der Waals surface area (Å²) in [6, 6.07) is 3.85. The van der Waals surface area contributed by atoms with Gasteiger partial charge in [-0.05, 0) is 11.6 Å². The Morgan fingerprint density at radius 2 is 2.39 bits per heavy atom. The maximum absolute atomic E-state index is 5.54. The lowest BCUT2D eigenvalue weighted by molar-refractivity contribution is 0.102. The molecule has 0 spiro atoms. The monoisotopic (exact) mass is 248 g/mol. The molecule has 2 aromatic rings. The van der Waals surface area contributed by atoms with E-state index in [9.17, 15) is 0 Å². The maximum atomic E-state index is 5.54. The minimum absolute atomic E-state index is 0.0864. The summed E-state index contributed by atoms with van der Waals surface area (Å²) in [7, 11) is 1.62. The van der Waals surface area contributed by atoms with Gasteiger partial charge in [-0.3, -0.25) is 4.98 Å². The van der Waals surface area contributed by atoms with E-state index in [-0.39, 0.29) is 6.10 Å². The first-order chi connectivity index (χ1) is 8.81. The van der Waals surface area contributed by atoms with Crippen molar-refractivity contribution < 1.29 is 9.26 Å². The third kappa shape index (κ3) is 3.35. The van der Waals surface area contributed by atoms with Gasteiger partial charge in [-0.25, -0.2) is 0 Å². The molecule has 6 heteroatoms. The van der Waals surface area contributed by atoms with Crippen molar-refractivity contribution in [3.8, 4) is 0 Å². The fourth-order valence-electron chi connectivity index (χ4n) is 1.59. The van der Waals surface area contributed by atoms with Gasteiger partial charge in [-0.1, -0.05) is 11.2 Å². The Morgan fingerprint density at radius 3 is 3.06 bits per heavy atom. The molecule has 2 rings (SSSR count). The third-order valence-corrected chi connectivity index (χ3v) is 2.59. The van der Waals surface area contributed by atoms with Crippen LogP contribution in [0.2, 0.25) is 0 Å². The first-order valence-corrected chi connectivity index (χ1v) is 5.75. The number of pyridine rings is 1. The normalized spacial score (nSPS) is 12.6. The molecule has 1 unspecified atom stereocenters. The molecule has 0 bridgehead atoms. The Hall–Kier alpha value is -1.79. The molecule has 2 N–H and O–H groups in total. The van der Waals surface area contributed by atoms with Crippen LogP contribution in [0.15, 0.2) is 29.0 Å². The Bertz CT molecular complexity index is 468. The number of nitrogens with two attached hydrogens (primary N) is 1. The average Bonchev–Trinajstić information content (AvgIpc) is 2.84. The second kappa shape index (κ2) is 6.23. The second-order valence-corrected chi connectivity index (χ2v) is 3.94. The SMILES string of the molecule is COC(CN)Cc1nc(Cc2cccnc2)no1. The van der Waals surface area contributed by atoms with Crippen LogP contribution in [0, 0.1) is 0 Å². The van der Waals surface area contributed by atoms with Crippen molar-refractivity contribution in [1.29, 1.82) is 0 Å². The lowest BCUT2D eigenvalue weighted by Gasteiger charge is -2.08. The molecule has 18 heavy (non-hydrogen) atoms. The Kier molecular flexibility index (Phi) is 4.38. The number of hydrogen-bond donors (Lipinski definition) is 1.